The van der Waals surface area contributed by atoms with Gasteiger partial charge in [-0.1, -0.05) is 0 Å². The third-order valence-electron chi connectivity index (χ3n) is 3.99. The number of benzene rings is 1. The van der Waals surface area contributed by atoms with Crippen LogP contribution in [0.3, 0.4) is 0 Å². The number of amides is 3. The van der Waals surface area contributed by atoms with Crippen LogP contribution in [0.15, 0.2) is 18.2 Å². The molecule has 0 spiro atoms. The summed E-state index contributed by atoms with van der Waals surface area (Å²) < 4.78 is 39.2. The summed E-state index contributed by atoms with van der Waals surface area (Å²) in [6.45, 7) is 1.43. The van der Waals surface area contributed by atoms with Crippen LogP contribution >= 0.6 is 0 Å². The van der Waals surface area contributed by atoms with E-state index < -0.39 is 27.2 Å². The molecule has 9 nitrogen and oxygen atoms in total. The number of methoxy groups -OCH3 is 2. The Morgan fingerprint density at radius 1 is 1.16 bits per heavy atom. The van der Waals surface area contributed by atoms with Gasteiger partial charge in [-0.3, -0.25) is 4.72 Å². The maximum absolute atomic E-state index is 12.7. The summed E-state index contributed by atoms with van der Waals surface area (Å²) in [4.78, 5) is 25.0. The molecule has 0 saturated carbocycles. The average Bonchev–Trinajstić information content (AvgIpc) is 2.57. The Kier molecular flexibility index (Phi) is 5.02. The van der Waals surface area contributed by atoms with Gasteiger partial charge in [0.15, 0.2) is 11.5 Å². The number of ether oxygens (including phenoxy) is 2. The molecular weight excluding hydrogens is 350 g/mol. The summed E-state index contributed by atoms with van der Waals surface area (Å²) in [5.41, 5.74) is 0.335. The highest BCUT2D eigenvalue weighted by Gasteiger charge is 2.50. The van der Waals surface area contributed by atoms with E-state index in [4.69, 9.17) is 9.47 Å². The minimum Gasteiger partial charge on any atom is -0.493 e. The summed E-state index contributed by atoms with van der Waals surface area (Å²) in [5.74, 6) is -0.0386. The van der Waals surface area contributed by atoms with Crippen molar-refractivity contribution in [3.8, 4) is 11.5 Å². The molecule has 1 aromatic rings. The summed E-state index contributed by atoms with van der Waals surface area (Å²) in [6.07, 6.45) is 0. The van der Waals surface area contributed by atoms with Crippen LogP contribution in [0.25, 0.3) is 0 Å². The van der Waals surface area contributed by atoms with Gasteiger partial charge in [0, 0.05) is 6.07 Å². The number of carbonyl (C=O) groups is 2. The lowest BCUT2D eigenvalue weighted by atomic mass is 10.2. The molecule has 0 aliphatic carbocycles. The Hall–Kier alpha value is -2.62. The molecule has 1 aliphatic rings. The predicted molar refractivity (Wildman–Crippen MR) is 90.9 cm³/mol. The summed E-state index contributed by atoms with van der Waals surface area (Å²) >= 11 is 0. The molecule has 10 heteroatoms. The lowest BCUT2D eigenvalue weighted by Gasteiger charge is -2.23. The van der Waals surface area contributed by atoms with Crippen LogP contribution in [0.4, 0.5) is 10.5 Å². The fourth-order valence-electron chi connectivity index (χ4n) is 2.48. The summed E-state index contributed by atoms with van der Waals surface area (Å²) in [5, 5.41) is -1.51. The fourth-order valence-corrected chi connectivity index (χ4v) is 4.08. The van der Waals surface area contributed by atoms with Crippen molar-refractivity contribution in [1.29, 1.82) is 0 Å². The van der Waals surface area contributed by atoms with Crippen molar-refractivity contribution < 1.29 is 32.1 Å². The van der Waals surface area contributed by atoms with E-state index in [0.717, 1.165) is 9.48 Å². The molecule has 0 radical (unpaired) electrons. The van der Waals surface area contributed by atoms with Crippen LogP contribution in [0.2, 0.25) is 0 Å². The molecule has 1 heterocycles. The van der Waals surface area contributed by atoms with Gasteiger partial charge in [-0.05, 0) is 19.1 Å². The van der Waals surface area contributed by atoms with Crippen LogP contribution in [0.5, 0.6) is 11.5 Å². The number of imide groups is 1. The van der Waals surface area contributed by atoms with E-state index in [1.807, 2.05) is 0 Å². The van der Waals surface area contributed by atoms with Gasteiger partial charge in [0.25, 0.3) is 10.0 Å². The molecule has 25 heavy (non-hydrogen) atoms. The van der Waals surface area contributed by atoms with E-state index in [1.165, 1.54) is 53.4 Å². The number of urea groups is 1. The molecule has 0 bridgehead atoms. The van der Waals surface area contributed by atoms with Crippen LogP contribution in [0, 0.1) is 0 Å². The van der Waals surface area contributed by atoms with Crippen LogP contribution in [-0.2, 0) is 14.8 Å². The molecule has 3 amide bonds. The molecule has 0 saturated heterocycles. The summed E-state index contributed by atoms with van der Waals surface area (Å²) in [7, 11) is 1.41. The summed E-state index contributed by atoms with van der Waals surface area (Å²) in [6, 6.07) is 3.88. The zero-order chi connectivity index (χ0) is 18.9. The van der Waals surface area contributed by atoms with Gasteiger partial charge in [0.05, 0.1) is 34.0 Å². The highest BCUT2D eigenvalue weighted by Crippen LogP contribution is 2.30. The number of nitrogens with one attached hydrogen (secondary N) is 1. The van der Waals surface area contributed by atoms with Crippen molar-refractivity contribution in [3.05, 3.63) is 18.2 Å². The molecule has 1 unspecified atom stereocenters. The number of carbonyl (C=O) groups excluding carboxylic acids is 2. The molecular formula is C15H20N3O6S+. The van der Waals surface area contributed by atoms with Gasteiger partial charge in [-0.2, -0.15) is 14.3 Å². The van der Waals surface area contributed by atoms with E-state index in [0.29, 0.717) is 11.5 Å². The minimum atomic E-state index is -4.14. The highest BCUT2D eigenvalue weighted by atomic mass is 32.2. The third kappa shape index (κ3) is 3.29. The zero-order valence-electron chi connectivity index (χ0n) is 14.6. The second-order valence-electron chi connectivity index (χ2n) is 5.48. The number of sulfonamides is 1. The Morgan fingerprint density at radius 2 is 1.76 bits per heavy atom. The fraction of sp³-hybridized carbons (Fsp3) is 0.400. The van der Waals surface area contributed by atoms with E-state index in [-0.39, 0.29) is 11.4 Å². The maximum atomic E-state index is 12.7. The van der Waals surface area contributed by atoms with Gasteiger partial charge < -0.3 is 9.47 Å². The van der Waals surface area contributed by atoms with Gasteiger partial charge in [-0.25, -0.2) is 13.2 Å². The Balaban J connectivity index is 2.42. The van der Waals surface area contributed by atoms with Crippen LogP contribution < -0.4 is 14.2 Å². The number of hydrogen-bond donors (Lipinski definition) is 1. The number of anilines is 1. The van der Waals surface area contributed by atoms with Crippen molar-refractivity contribution in [2.45, 2.75) is 12.2 Å². The molecule has 0 aromatic heterocycles. The van der Waals surface area contributed by atoms with Crippen LogP contribution in [-0.4, -0.2) is 69.1 Å². The van der Waals surface area contributed by atoms with E-state index >= 15 is 0 Å². The standard InChI is InChI=1S/C15H20N3O6S/c1-9-13(14(19)18(3)15(20)17(9)2)25(21,22)16-10-6-7-11(23-4)12(8-10)24-5/h6-8,13,16H,1-5H3/q+1. The second-order valence-corrected chi connectivity index (χ2v) is 7.24. The number of hydrogen-bond acceptors (Lipinski definition) is 6. The van der Waals surface area contributed by atoms with E-state index in [2.05, 4.69) is 4.72 Å². The number of rotatable bonds is 5. The normalized spacial score (nSPS) is 18.4. The first-order chi connectivity index (χ1) is 11.6. The lowest BCUT2D eigenvalue weighted by Crippen LogP contribution is -2.57. The Bertz CT molecular complexity index is 862. The topological polar surface area (TPSA) is 105 Å². The number of nitrogens with zero attached hydrogens (tertiary/aromatic N) is 2. The molecule has 2 rings (SSSR count). The minimum absolute atomic E-state index is 0.126. The first-order valence-corrected chi connectivity index (χ1v) is 8.81. The van der Waals surface area contributed by atoms with E-state index in [9.17, 15) is 18.0 Å². The van der Waals surface area contributed by atoms with Gasteiger partial charge in [0.2, 0.25) is 5.25 Å². The highest BCUT2D eigenvalue weighted by molar-refractivity contribution is 7.94. The molecule has 1 aromatic carbocycles. The molecule has 1 N–H and O–H groups in total. The second kappa shape index (κ2) is 6.71. The maximum Gasteiger partial charge on any atom is 0.500 e. The quantitative estimate of drug-likeness (QED) is 0.757. The SMILES string of the molecule is COc1ccc(NS(=O)(=O)C2C(=O)N(C)C(=O)[N+](C)=C2C)cc1OC. The van der Waals surface area contributed by atoms with Gasteiger partial charge >= 0.3 is 11.9 Å². The first kappa shape index (κ1) is 18.7. The predicted octanol–water partition coefficient (Wildman–Crippen LogP) is 0.509. The van der Waals surface area contributed by atoms with E-state index in [1.54, 1.807) is 0 Å². The Morgan fingerprint density at radius 3 is 2.32 bits per heavy atom. The lowest BCUT2D eigenvalue weighted by molar-refractivity contribution is -0.405. The van der Waals surface area contributed by atoms with Crippen molar-refractivity contribution in [1.82, 2.24) is 4.90 Å². The molecule has 1 atom stereocenters. The Labute approximate surface area is 145 Å². The first-order valence-electron chi connectivity index (χ1n) is 7.26. The van der Waals surface area contributed by atoms with Crippen molar-refractivity contribution in [2.24, 2.45) is 0 Å². The monoisotopic (exact) mass is 370 g/mol. The molecule has 1 aliphatic heterocycles. The molecule has 0 fully saturated rings. The zero-order valence-corrected chi connectivity index (χ0v) is 15.4. The van der Waals surface area contributed by atoms with Crippen molar-refractivity contribution >= 4 is 33.4 Å². The van der Waals surface area contributed by atoms with Crippen LogP contribution in [0.1, 0.15) is 6.92 Å². The van der Waals surface area contributed by atoms with Gasteiger partial charge in [0.1, 0.15) is 5.71 Å². The van der Waals surface area contributed by atoms with Crippen molar-refractivity contribution in [3.63, 3.8) is 0 Å². The smallest absolute Gasteiger partial charge is 0.493 e. The van der Waals surface area contributed by atoms with Gasteiger partial charge in [-0.15, -0.1) is 0 Å². The molecule has 136 valence electrons. The largest absolute Gasteiger partial charge is 0.500 e. The third-order valence-corrected chi connectivity index (χ3v) is 5.67. The average molecular weight is 370 g/mol. The van der Waals surface area contributed by atoms with Crippen molar-refractivity contribution in [2.75, 3.05) is 33.0 Å².